The van der Waals surface area contributed by atoms with Crippen LogP contribution in [-0.2, 0) is 12.4 Å². The van der Waals surface area contributed by atoms with Gasteiger partial charge in [0.05, 0.1) is 12.2 Å². The summed E-state index contributed by atoms with van der Waals surface area (Å²) in [5.41, 5.74) is 1.09. The standard InChI is InChI=1S/C14H13ClF2N2/c1-19(9-11-4-2-3-5-18-11)14-12(16)6-10(8-15)7-13(14)17/h2-7H,8-9H2,1H3. The van der Waals surface area contributed by atoms with Crippen molar-refractivity contribution >= 4 is 17.3 Å². The quantitative estimate of drug-likeness (QED) is 0.794. The first-order valence-electron chi connectivity index (χ1n) is 5.76. The Morgan fingerprint density at radius 3 is 2.42 bits per heavy atom. The highest BCUT2D eigenvalue weighted by molar-refractivity contribution is 6.17. The van der Waals surface area contributed by atoms with Crippen LogP contribution in [0.1, 0.15) is 11.3 Å². The lowest BCUT2D eigenvalue weighted by molar-refractivity contribution is 0.574. The third-order valence-electron chi connectivity index (χ3n) is 2.74. The average Bonchev–Trinajstić information content (AvgIpc) is 2.38. The van der Waals surface area contributed by atoms with Gasteiger partial charge in [0.15, 0.2) is 0 Å². The summed E-state index contributed by atoms with van der Waals surface area (Å²) in [6.07, 6.45) is 1.65. The number of benzene rings is 1. The molecule has 2 aromatic rings. The lowest BCUT2D eigenvalue weighted by atomic mass is 10.2. The molecular weight excluding hydrogens is 270 g/mol. The van der Waals surface area contributed by atoms with Gasteiger partial charge in [-0.05, 0) is 29.8 Å². The summed E-state index contributed by atoms with van der Waals surface area (Å²) < 4.78 is 27.8. The third kappa shape index (κ3) is 3.20. The summed E-state index contributed by atoms with van der Waals surface area (Å²) in [5, 5.41) is 0. The van der Waals surface area contributed by atoms with E-state index in [0.29, 0.717) is 12.1 Å². The number of anilines is 1. The smallest absolute Gasteiger partial charge is 0.149 e. The zero-order valence-corrected chi connectivity index (χ0v) is 11.2. The lowest BCUT2D eigenvalue weighted by Crippen LogP contribution is -2.20. The second-order valence-corrected chi connectivity index (χ2v) is 4.49. The monoisotopic (exact) mass is 282 g/mol. The van der Waals surface area contributed by atoms with Crippen molar-refractivity contribution in [3.05, 3.63) is 59.4 Å². The van der Waals surface area contributed by atoms with Crippen LogP contribution in [0.15, 0.2) is 36.5 Å². The van der Waals surface area contributed by atoms with E-state index in [1.165, 1.54) is 17.0 Å². The summed E-state index contributed by atoms with van der Waals surface area (Å²) in [4.78, 5) is 5.62. The molecule has 0 saturated heterocycles. The van der Waals surface area contributed by atoms with Crippen molar-refractivity contribution < 1.29 is 8.78 Å². The van der Waals surface area contributed by atoms with Crippen molar-refractivity contribution in [2.24, 2.45) is 0 Å². The molecule has 0 bridgehead atoms. The first kappa shape index (κ1) is 13.7. The number of hydrogen-bond acceptors (Lipinski definition) is 2. The predicted molar refractivity (Wildman–Crippen MR) is 72.3 cm³/mol. The number of halogens is 3. The number of rotatable bonds is 4. The van der Waals surface area contributed by atoms with Crippen LogP contribution in [0.4, 0.5) is 14.5 Å². The van der Waals surface area contributed by atoms with Crippen molar-refractivity contribution in [3.8, 4) is 0 Å². The Labute approximate surface area is 115 Å². The Bertz CT molecular complexity index is 538. The molecule has 0 aliphatic heterocycles. The Morgan fingerprint density at radius 2 is 1.89 bits per heavy atom. The number of pyridine rings is 1. The SMILES string of the molecule is CN(Cc1ccccn1)c1c(F)cc(CCl)cc1F. The number of nitrogens with zero attached hydrogens (tertiary/aromatic N) is 2. The van der Waals surface area contributed by atoms with E-state index >= 15 is 0 Å². The first-order valence-corrected chi connectivity index (χ1v) is 6.30. The van der Waals surface area contributed by atoms with Gasteiger partial charge >= 0.3 is 0 Å². The van der Waals surface area contributed by atoms with Gasteiger partial charge in [-0.15, -0.1) is 11.6 Å². The molecule has 5 heteroatoms. The summed E-state index contributed by atoms with van der Waals surface area (Å²) >= 11 is 5.58. The molecule has 1 aromatic carbocycles. The van der Waals surface area contributed by atoms with Crippen molar-refractivity contribution in [2.75, 3.05) is 11.9 Å². The van der Waals surface area contributed by atoms with E-state index in [4.69, 9.17) is 11.6 Å². The summed E-state index contributed by atoms with van der Waals surface area (Å²) in [7, 11) is 1.62. The molecular formula is C14H13ClF2N2. The molecule has 0 N–H and O–H groups in total. The highest BCUT2D eigenvalue weighted by Crippen LogP contribution is 2.25. The molecule has 100 valence electrons. The first-order chi connectivity index (χ1) is 9.11. The molecule has 0 aliphatic rings. The maximum absolute atomic E-state index is 13.9. The van der Waals surface area contributed by atoms with E-state index in [9.17, 15) is 8.78 Å². The lowest BCUT2D eigenvalue weighted by Gasteiger charge is -2.20. The van der Waals surface area contributed by atoms with Crippen molar-refractivity contribution in [3.63, 3.8) is 0 Å². The molecule has 0 spiro atoms. The zero-order valence-electron chi connectivity index (χ0n) is 10.4. The molecule has 1 aromatic heterocycles. The summed E-state index contributed by atoms with van der Waals surface area (Å²) in [6.45, 7) is 0.328. The fourth-order valence-electron chi connectivity index (χ4n) is 1.87. The summed E-state index contributed by atoms with van der Waals surface area (Å²) in [5.74, 6) is -1.15. The normalized spacial score (nSPS) is 10.5. The fraction of sp³-hybridized carbons (Fsp3) is 0.214. The van der Waals surface area contributed by atoms with E-state index in [-0.39, 0.29) is 11.6 Å². The van der Waals surface area contributed by atoms with Crippen molar-refractivity contribution in [1.82, 2.24) is 4.98 Å². The van der Waals surface area contributed by atoms with Crippen molar-refractivity contribution in [2.45, 2.75) is 12.4 Å². The predicted octanol–water partition coefficient (Wildman–Crippen LogP) is 3.74. The number of aromatic nitrogens is 1. The van der Waals surface area contributed by atoms with Gasteiger partial charge < -0.3 is 4.90 Å². The van der Waals surface area contributed by atoms with E-state index < -0.39 is 11.6 Å². The van der Waals surface area contributed by atoms with Gasteiger partial charge in [-0.1, -0.05) is 6.07 Å². The van der Waals surface area contributed by atoms with E-state index in [1.54, 1.807) is 25.4 Å². The maximum atomic E-state index is 13.9. The minimum atomic E-state index is -0.617. The van der Waals surface area contributed by atoms with Gasteiger partial charge in [0.2, 0.25) is 0 Å². The van der Waals surface area contributed by atoms with Crippen LogP contribution in [0.2, 0.25) is 0 Å². The Balaban J connectivity index is 2.26. The van der Waals surface area contributed by atoms with Crippen LogP contribution in [-0.4, -0.2) is 12.0 Å². The zero-order chi connectivity index (χ0) is 13.8. The molecule has 0 saturated carbocycles. The molecule has 2 nitrogen and oxygen atoms in total. The molecule has 0 atom stereocenters. The molecule has 2 rings (SSSR count). The van der Waals surface area contributed by atoms with Crippen LogP contribution < -0.4 is 4.90 Å². The second-order valence-electron chi connectivity index (χ2n) is 4.22. The van der Waals surface area contributed by atoms with E-state index in [0.717, 1.165) is 5.69 Å². The molecule has 0 unspecified atom stereocenters. The van der Waals surface area contributed by atoms with Crippen LogP contribution in [0, 0.1) is 11.6 Å². The highest BCUT2D eigenvalue weighted by atomic mass is 35.5. The van der Waals surface area contributed by atoms with Gasteiger partial charge in [0, 0.05) is 19.1 Å². The third-order valence-corrected chi connectivity index (χ3v) is 3.05. The fourth-order valence-corrected chi connectivity index (χ4v) is 2.03. The molecule has 0 aliphatic carbocycles. The maximum Gasteiger partial charge on any atom is 0.149 e. The molecule has 19 heavy (non-hydrogen) atoms. The van der Waals surface area contributed by atoms with Crippen LogP contribution in [0.25, 0.3) is 0 Å². The van der Waals surface area contributed by atoms with E-state index in [2.05, 4.69) is 4.98 Å². The Morgan fingerprint density at radius 1 is 1.21 bits per heavy atom. The van der Waals surface area contributed by atoms with Gasteiger partial charge in [-0.2, -0.15) is 0 Å². The van der Waals surface area contributed by atoms with Crippen molar-refractivity contribution in [1.29, 1.82) is 0 Å². The van der Waals surface area contributed by atoms with Gasteiger partial charge in [0.25, 0.3) is 0 Å². The topological polar surface area (TPSA) is 16.1 Å². The average molecular weight is 283 g/mol. The highest BCUT2D eigenvalue weighted by Gasteiger charge is 2.15. The van der Waals surface area contributed by atoms with Gasteiger partial charge in [0.1, 0.15) is 17.3 Å². The number of hydrogen-bond donors (Lipinski definition) is 0. The molecule has 0 fully saturated rings. The minimum Gasteiger partial charge on any atom is -0.364 e. The minimum absolute atomic E-state index is 0.0699. The molecule has 1 heterocycles. The van der Waals surface area contributed by atoms with Gasteiger partial charge in [-0.3, -0.25) is 4.98 Å². The molecule has 0 radical (unpaired) electrons. The second kappa shape index (κ2) is 5.97. The largest absolute Gasteiger partial charge is 0.364 e. The van der Waals surface area contributed by atoms with E-state index in [1.807, 2.05) is 6.07 Å². The number of alkyl halides is 1. The molecule has 0 amide bonds. The Kier molecular flexibility index (Phi) is 4.32. The summed E-state index contributed by atoms with van der Waals surface area (Å²) in [6, 6.07) is 7.93. The van der Waals surface area contributed by atoms with Gasteiger partial charge in [-0.25, -0.2) is 8.78 Å². The van der Waals surface area contributed by atoms with Crippen LogP contribution >= 0.6 is 11.6 Å². The van der Waals surface area contributed by atoms with Crippen LogP contribution in [0.3, 0.4) is 0 Å². The Hall–Kier alpha value is -1.68. The van der Waals surface area contributed by atoms with Crippen LogP contribution in [0.5, 0.6) is 0 Å².